The number of pyridine rings is 1. The van der Waals surface area contributed by atoms with Gasteiger partial charge in [0.2, 0.25) is 0 Å². The van der Waals surface area contributed by atoms with E-state index in [1.54, 1.807) is 0 Å². The van der Waals surface area contributed by atoms with Gasteiger partial charge in [0.15, 0.2) is 5.96 Å². The Morgan fingerprint density at radius 3 is 2.69 bits per heavy atom. The summed E-state index contributed by atoms with van der Waals surface area (Å²) in [5.74, 6) is 2.35. The molecule has 32 heavy (non-hydrogen) atoms. The molecule has 6 heteroatoms. The Bertz CT molecular complexity index is 876. The molecule has 2 N–H and O–H groups in total. The van der Waals surface area contributed by atoms with Gasteiger partial charge >= 0.3 is 0 Å². The summed E-state index contributed by atoms with van der Waals surface area (Å²) in [6, 6.07) is 13.0. The number of aryl methyl sites for hydroxylation is 1. The van der Waals surface area contributed by atoms with E-state index in [0.717, 1.165) is 57.4 Å². The highest BCUT2D eigenvalue weighted by atomic mass is 16.5. The fourth-order valence-electron chi connectivity index (χ4n) is 4.68. The molecule has 3 heterocycles. The summed E-state index contributed by atoms with van der Waals surface area (Å²) < 4.78 is 6.17. The molecule has 0 saturated carbocycles. The third-order valence-corrected chi connectivity index (χ3v) is 6.56. The first-order chi connectivity index (χ1) is 15.7. The summed E-state index contributed by atoms with van der Waals surface area (Å²) in [7, 11) is 1.83. The fraction of sp³-hybridized carbons (Fsp3) is 0.538. The molecule has 2 aromatic rings. The van der Waals surface area contributed by atoms with E-state index in [1.807, 2.05) is 13.2 Å². The van der Waals surface area contributed by atoms with Crippen molar-refractivity contribution in [2.45, 2.75) is 51.7 Å². The normalized spacial score (nSPS) is 21.9. The van der Waals surface area contributed by atoms with Crippen molar-refractivity contribution in [2.75, 3.05) is 38.2 Å². The molecule has 2 fully saturated rings. The van der Waals surface area contributed by atoms with E-state index in [2.05, 4.69) is 68.8 Å². The minimum atomic E-state index is 0.141. The van der Waals surface area contributed by atoms with Crippen LogP contribution in [0.25, 0.3) is 0 Å². The molecule has 0 aliphatic carbocycles. The molecule has 0 amide bonds. The van der Waals surface area contributed by atoms with Crippen LogP contribution in [0.2, 0.25) is 0 Å². The quantitative estimate of drug-likeness (QED) is 0.526. The number of aromatic nitrogens is 1. The number of hydrogen-bond acceptors (Lipinski definition) is 4. The Morgan fingerprint density at radius 2 is 1.91 bits per heavy atom. The molecule has 2 aliphatic heterocycles. The lowest BCUT2D eigenvalue weighted by atomic mass is 9.89. The van der Waals surface area contributed by atoms with Gasteiger partial charge in [-0.25, -0.2) is 4.98 Å². The molecule has 6 nitrogen and oxygen atoms in total. The summed E-state index contributed by atoms with van der Waals surface area (Å²) in [5, 5.41) is 7.00. The van der Waals surface area contributed by atoms with Gasteiger partial charge in [0.05, 0.1) is 6.10 Å². The molecule has 1 aromatic heterocycles. The Morgan fingerprint density at radius 1 is 1.09 bits per heavy atom. The highest BCUT2D eigenvalue weighted by Crippen LogP contribution is 2.33. The second kappa shape index (κ2) is 11.3. The van der Waals surface area contributed by atoms with Crippen LogP contribution >= 0.6 is 0 Å². The van der Waals surface area contributed by atoms with Crippen LogP contribution in [-0.4, -0.2) is 44.2 Å². The number of piperidine rings is 1. The van der Waals surface area contributed by atoms with E-state index in [-0.39, 0.29) is 6.10 Å². The first-order valence-corrected chi connectivity index (χ1v) is 12.1. The van der Waals surface area contributed by atoms with Gasteiger partial charge in [0, 0.05) is 51.9 Å². The average molecular weight is 436 g/mol. The zero-order valence-corrected chi connectivity index (χ0v) is 19.5. The smallest absolute Gasteiger partial charge is 0.191 e. The number of ether oxygens (including phenoxy) is 1. The number of nitrogens with zero attached hydrogens (tertiary/aromatic N) is 3. The fourth-order valence-corrected chi connectivity index (χ4v) is 4.68. The first-order valence-electron chi connectivity index (χ1n) is 12.1. The van der Waals surface area contributed by atoms with Gasteiger partial charge in [0.1, 0.15) is 5.82 Å². The highest BCUT2D eigenvalue weighted by Gasteiger charge is 2.27. The molecule has 2 saturated heterocycles. The molecule has 2 atom stereocenters. The minimum absolute atomic E-state index is 0.141. The average Bonchev–Trinajstić information content (AvgIpc) is 2.86. The maximum absolute atomic E-state index is 6.17. The molecular weight excluding hydrogens is 398 g/mol. The Labute approximate surface area is 192 Å². The lowest BCUT2D eigenvalue weighted by molar-refractivity contribution is -0.0265. The van der Waals surface area contributed by atoms with Crippen LogP contribution in [0.15, 0.2) is 47.6 Å². The zero-order valence-electron chi connectivity index (χ0n) is 19.5. The van der Waals surface area contributed by atoms with Crippen LogP contribution in [0.4, 0.5) is 5.82 Å². The third kappa shape index (κ3) is 6.00. The number of guanidine groups is 1. The Kier molecular flexibility index (Phi) is 7.99. The standard InChI is InChI=1S/C26H37N5O/c1-20-8-10-22(11-9-20)25-23(7-6-16-32-25)19-30-26(27-2)29-18-21-12-13-28-24(17-21)31-14-4-3-5-15-31/h8-13,17,23,25H,3-7,14-16,18-19H2,1-2H3,(H2,27,29,30). The topological polar surface area (TPSA) is 61.8 Å². The van der Waals surface area contributed by atoms with Gasteiger partial charge in [-0.3, -0.25) is 4.99 Å². The van der Waals surface area contributed by atoms with Crippen molar-refractivity contribution < 1.29 is 4.74 Å². The van der Waals surface area contributed by atoms with Crippen molar-refractivity contribution >= 4 is 11.8 Å². The molecule has 2 unspecified atom stereocenters. The Balaban J connectivity index is 1.31. The van der Waals surface area contributed by atoms with Gasteiger partial charge in [-0.1, -0.05) is 29.8 Å². The van der Waals surface area contributed by atoms with Crippen LogP contribution in [-0.2, 0) is 11.3 Å². The van der Waals surface area contributed by atoms with E-state index >= 15 is 0 Å². The van der Waals surface area contributed by atoms with Crippen molar-refractivity contribution in [1.29, 1.82) is 0 Å². The molecular formula is C26H37N5O. The zero-order chi connectivity index (χ0) is 22.2. The maximum Gasteiger partial charge on any atom is 0.191 e. The van der Waals surface area contributed by atoms with Gasteiger partial charge in [-0.2, -0.15) is 0 Å². The van der Waals surface area contributed by atoms with E-state index in [4.69, 9.17) is 4.74 Å². The van der Waals surface area contributed by atoms with Crippen LogP contribution in [0, 0.1) is 12.8 Å². The number of hydrogen-bond donors (Lipinski definition) is 2. The van der Waals surface area contributed by atoms with E-state index < -0.39 is 0 Å². The van der Waals surface area contributed by atoms with Crippen molar-refractivity contribution in [3.05, 3.63) is 59.3 Å². The van der Waals surface area contributed by atoms with Crippen LogP contribution in [0.5, 0.6) is 0 Å². The lowest BCUT2D eigenvalue weighted by Crippen LogP contribution is -2.41. The summed E-state index contributed by atoms with van der Waals surface area (Å²) in [6.07, 6.45) is 8.18. The van der Waals surface area contributed by atoms with Crippen LogP contribution in [0.3, 0.4) is 0 Å². The van der Waals surface area contributed by atoms with Gasteiger partial charge in [0.25, 0.3) is 0 Å². The summed E-state index contributed by atoms with van der Waals surface area (Å²) in [4.78, 5) is 11.4. The molecule has 0 radical (unpaired) electrons. The maximum atomic E-state index is 6.17. The number of nitrogens with one attached hydrogen (secondary N) is 2. The van der Waals surface area contributed by atoms with Crippen LogP contribution < -0.4 is 15.5 Å². The predicted molar refractivity (Wildman–Crippen MR) is 131 cm³/mol. The summed E-state index contributed by atoms with van der Waals surface area (Å²) in [5.41, 5.74) is 3.78. The monoisotopic (exact) mass is 435 g/mol. The van der Waals surface area contributed by atoms with E-state index in [0.29, 0.717) is 5.92 Å². The number of rotatable bonds is 6. The number of benzene rings is 1. The molecule has 172 valence electrons. The SMILES string of the molecule is CN=C(NCc1ccnc(N2CCCCC2)c1)NCC1CCCOC1c1ccc(C)cc1. The van der Waals surface area contributed by atoms with Crippen molar-refractivity contribution in [3.8, 4) is 0 Å². The summed E-state index contributed by atoms with van der Waals surface area (Å²) in [6.45, 7) is 6.75. The first kappa shape index (κ1) is 22.6. The molecule has 0 spiro atoms. The predicted octanol–water partition coefficient (Wildman–Crippen LogP) is 4.21. The lowest BCUT2D eigenvalue weighted by Gasteiger charge is -2.32. The molecule has 4 rings (SSSR count). The van der Waals surface area contributed by atoms with E-state index in [1.165, 1.54) is 36.0 Å². The van der Waals surface area contributed by atoms with Crippen LogP contribution in [0.1, 0.15) is 54.9 Å². The molecule has 0 bridgehead atoms. The van der Waals surface area contributed by atoms with Crippen molar-refractivity contribution in [2.24, 2.45) is 10.9 Å². The van der Waals surface area contributed by atoms with E-state index in [9.17, 15) is 0 Å². The largest absolute Gasteiger partial charge is 0.373 e. The van der Waals surface area contributed by atoms with Gasteiger partial charge in [-0.15, -0.1) is 0 Å². The molecule has 1 aromatic carbocycles. The number of aliphatic imine (C=N–C) groups is 1. The summed E-state index contributed by atoms with van der Waals surface area (Å²) >= 11 is 0. The second-order valence-electron chi connectivity index (χ2n) is 8.98. The third-order valence-electron chi connectivity index (χ3n) is 6.56. The second-order valence-corrected chi connectivity index (χ2v) is 8.98. The Hall–Kier alpha value is -2.60. The van der Waals surface area contributed by atoms with Crippen molar-refractivity contribution in [3.63, 3.8) is 0 Å². The van der Waals surface area contributed by atoms with Gasteiger partial charge in [-0.05, 0) is 62.3 Å². The van der Waals surface area contributed by atoms with Gasteiger partial charge < -0.3 is 20.3 Å². The minimum Gasteiger partial charge on any atom is -0.373 e. The highest BCUT2D eigenvalue weighted by molar-refractivity contribution is 5.79. The number of anilines is 1. The molecule has 2 aliphatic rings. The van der Waals surface area contributed by atoms with Crippen molar-refractivity contribution in [1.82, 2.24) is 15.6 Å².